The van der Waals surface area contributed by atoms with Gasteiger partial charge in [-0.3, -0.25) is 0 Å². The third-order valence-corrected chi connectivity index (χ3v) is 7.20. The van der Waals surface area contributed by atoms with Gasteiger partial charge in [0.1, 0.15) is 0 Å². The summed E-state index contributed by atoms with van der Waals surface area (Å²) in [6.07, 6.45) is 11.6. The van der Waals surface area contributed by atoms with Crippen LogP contribution in [0.4, 0.5) is 0 Å². The van der Waals surface area contributed by atoms with Gasteiger partial charge in [0.2, 0.25) is 0 Å². The average Bonchev–Trinajstić information content (AvgIpc) is 2.67. The molecule has 12 heavy (non-hydrogen) atoms. The highest BCUT2D eigenvalue weighted by molar-refractivity contribution is 5.73. The molecule has 0 radical (unpaired) electrons. The zero-order chi connectivity index (χ0) is 7.40. The molecule has 0 amide bonds. The van der Waals surface area contributed by atoms with Crippen molar-refractivity contribution in [3.63, 3.8) is 0 Å². The first-order chi connectivity index (χ1) is 5.88. The van der Waals surface area contributed by atoms with E-state index in [9.17, 15) is 0 Å². The minimum atomic E-state index is 0.862. The van der Waals surface area contributed by atoms with Gasteiger partial charge in [-0.2, -0.15) is 0 Å². The number of hydrogen-bond donors (Lipinski definition) is 0. The van der Waals surface area contributed by atoms with E-state index in [1.54, 1.807) is 25.7 Å². The lowest BCUT2D eigenvalue weighted by Gasteiger charge is -2.46. The van der Waals surface area contributed by atoms with E-state index in [-0.39, 0.29) is 0 Å². The van der Waals surface area contributed by atoms with Crippen LogP contribution in [0.5, 0.6) is 0 Å². The average molecular weight is 156 g/mol. The molecule has 6 aliphatic rings. The second kappa shape index (κ2) is 0.798. The summed E-state index contributed by atoms with van der Waals surface area (Å²) in [7, 11) is 0. The van der Waals surface area contributed by atoms with Gasteiger partial charge in [-0.05, 0) is 47.3 Å². The smallest absolute Gasteiger partial charge is 0.00806 e. The van der Waals surface area contributed by atoms with Gasteiger partial charge in [-0.1, -0.05) is 18.6 Å². The molecule has 0 heterocycles. The number of allylic oxidation sites excluding steroid dienone is 2. The van der Waals surface area contributed by atoms with E-state index in [0.29, 0.717) is 0 Å². The Morgan fingerprint density at radius 2 is 2.25 bits per heavy atom. The SMILES string of the molecule is C1=CC23C1C1C45CCCC2(C4)C153. The Balaban J connectivity index is 1.84. The highest BCUT2D eigenvalue weighted by atomic mass is 15.2. The summed E-state index contributed by atoms with van der Waals surface area (Å²) in [5.74, 6) is 2.32. The quantitative estimate of drug-likeness (QED) is 0.472. The fourth-order valence-electron chi connectivity index (χ4n) is 7.62. The first-order valence-electron chi connectivity index (χ1n) is 5.57. The lowest BCUT2D eigenvalue weighted by molar-refractivity contribution is 0.0708. The zero-order valence-electron chi connectivity index (χ0n) is 7.14. The summed E-state index contributed by atoms with van der Waals surface area (Å²) in [5.41, 5.74) is 3.74. The summed E-state index contributed by atoms with van der Waals surface area (Å²) < 4.78 is 0. The van der Waals surface area contributed by atoms with Gasteiger partial charge in [0.15, 0.2) is 0 Å². The summed E-state index contributed by atoms with van der Waals surface area (Å²) in [6.45, 7) is 0. The molecule has 5 fully saturated rings. The van der Waals surface area contributed by atoms with Crippen molar-refractivity contribution < 1.29 is 0 Å². The lowest BCUT2D eigenvalue weighted by Crippen LogP contribution is -2.38. The fourth-order valence-corrected chi connectivity index (χ4v) is 7.62. The maximum atomic E-state index is 2.62. The van der Waals surface area contributed by atoms with Crippen LogP contribution < -0.4 is 0 Å². The van der Waals surface area contributed by atoms with Crippen molar-refractivity contribution in [3.8, 4) is 0 Å². The summed E-state index contributed by atoms with van der Waals surface area (Å²) in [4.78, 5) is 0. The van der Waals surface area contributed by atoms with Crippen LogP contribution in [0.2, 0.25) is 0 Å². The lowest BCUT2D eigenvalue weighted by atomic mass is 9.58. The van der Waals surface area contributed by atoms with Crippen LogP contribution in [-0.2, 0) is 0 Å². The highest BCUT2D eigenvalue weighted by Gasteiger charge is 3.20. The minimum absolute atomic E-state index is 0.862. The van der Waals surface area contributed by atoms with E-state index >= 15 is 0 Å². The van der Waals surface area contributed by atoms with E-state index in [2.05, 4.69) is 12.2 Å². The fraction of sp³-hybridized carbons (Fsp3) is 0.833. The van der Waals surface area contributed by atoms with E-state index in [1.807, 2.05) is 0 Å². The monoisotopic (exact) mass is 156 g/mol. The third-order valence-electron chi connectivity index (χ3n) is 7.20. The second-order valence-corrected chi connectivity index (χ2v) is 6.31. The Morgan fingerprint density at radius 1 is 1.25 bits per heavy atom. The van der Waals surface area contributed by atoms with Crippen LogP contribution >= 0.6 is 0 Å². The highest BCUT2D eigenvalue weighted by Crippen LogP contribution is 3.24. The molecule has 5 saturated carbocycles. The van der Waals surface area contributed by atoms with Crippen LogP contribution in [-0.4, -0.2) is 0 Å². The number of fused-ring (bicyclic) bond motifs is 1. The molecule has 0 saturated heterocycles. The third kappa shape index (κ3) is 0.137. The predicted octanol–water partition coefficient (Wildman–Crippen LogP) is 2.36. The minimum Gasteiger partial charge on any atom is -0.0836 e. The number of rotatable bonds is 0. The second-order valence-electron chi connectivity index (χ2n) is 6.31. The molecule has 6 unspecified atom stereocenters. The van der Waals surface area contributed by atoms with E-state index < -0.39 is 0 Å². The molecule has 60 valence electrons. The Kier molecular flexibility index (Phi) is 0.321. The van der Waals surface area contributed by atoms with Gasteiger partial charge >= 0.3 is 0 Å². The molecule has 0 N–H and O–H groups in total. The molecule has 0 aromatic heterocycles. The first kappa shape index (κ1) is 4.83. The number of hydrogen-bond acceptors (Lipinski definition) is 0. The van der Waals surface area contributed by atoms with E-state index in [1.165, 1.54) is 5.92 Å². The molecule has 2 bridgehead atoms. The van der Waals surface area contributed by atoms with Crippen molar-refractivity contribution in [1.29, 1.82) is 0 Å². The van der Waals surface area contributed by atoms with Crippen LogP contribution in [0.15, 0.2) is 12.2 Å². The van der Waals surface area contributed by atoms with Gasteiger partial charge in [0.05, 0.1) is 0 Å². The van der Waals surface area contributed by atoms with Crippen molar-refractivity contribution in [2.24, 2.45) is 33.5 Å². The molecular weight excluding hydrogens is 144 g/mol. The Hall–Kier alpha value is -0.260. The van der Waals surface area contributed by atoms with Gasteiger partial charge < -0.3 is 0 Å². The van der Waals surface area contributed by atoms with Crippen LogP contribution in [0.1, 0.15) is 25.7 Å². The molecule has 6 atom stereocenters. The Bertz CT molecular complexity index is 402. The van der Waals surface area contributed by atoms with Gasteiger partial charge in [0.25, 0.3) is 0 Å². The first-order valence-corrected chi connectivity index (χ1v) is 5.57. The maximum absolute atomic E-state index is 2.62. The summed E-state index contributed by atoms with van der Waals surface area (Å²) >= 11 is 0. The predicted molar refractivity (Wildman–Crippen MR) is 44.3 cm³/mol. The normalized spacial score (nSPS) is 92.7. The van der Waals surface area contributed by atoms with Crippen LogP contribution in [0.25, 0.3) is 0 Å². The van der Waals surface area contributed by atoms with Crippen LogP contribution in [0.3, 0.4) is 0 Å². The van der Waals surface area contributed by atoms with E-state index in [0.717, 1.165) is 27.6 Å². The Labute approximate surface area is 72.0 Å². The van der Waals surface area contributed by atoms with Gasteiger partial charge in [0, 0.05) is 5.41 Å². The van der Waals surface area contributed by atoms with Gasteiger partial charge in [-0.15, -0.1) is 0 Å². The van der Waals surface area contributed by atoms with E-state index in [4.69, 9.17) is 0 Å². The molecular formula is C12H12. The largest absolute Gasteiger partial charge is 0.0836 e. The molecule has 0 aromatic carbocycles. The summed E-state index contributed by atoms with van der Waals surface area (Å²) in [6, 6.07) is 0. The topological polar surface area (TPSA) is 0 Å². The molecule has 0 nitrogen and oxygen atoms in total. The van der Waals surface area contributed by atoms with Crippen molar-refractivity contribution in [2.75, 3.05) is 0 Å². The van der Waals surface area contributed by atoms with Crippen molar-refractivity contribution in [3.05, 3.63) is 12.2 Å². The van der Waals surface area contributed by atoms with Crippen molar-refractivity contribution >= 4 is 0 Å². The Morgan fingerprint density at radius 3 is 3.00 bits per heavy atom. The van der Waals surface area contributed by atoms with Crippen molar-refractivity contribution in [1.82, 2.24) is 0 Å². The molecule has 4 spiro atoms. The molecule has 0 aromatic rings. The maximum Gasteiger partial charge on any atom is 0.00806 e. The van der Waals surface area contributed by atoms with Crippen LogP contribution in [0, 0.1) is 33.5 Å². The zero-order valence-corrected chi connectivity index (χ0v) is 7.14. The standard InChI is InChI=1S/C12H12/c1-3-9-6-10(4-1)11-5-2-7(11)8(9)12(9,10)11/h2,5,7-8H,1,3-4,6H2. The molecule has 0 aliphatic heterocycles. The molecule has 6 rings (SSSR count). The molecule has 6 aliphatic carbocycles. The molecule has 0 heteroatoms. The van der Waals surface area contributed by atoms with Gasteiger partial charge in [-0.25, -0.2) is 0 Å². The van der Waals surface area contributed by atoms with Crippen molar-refractivity contribution in [2.45, 2.75) is 25.7 Å². The summed E-state index contributed by atoms with van der Waals surface area (Å²) in [5, 5.41) is 0.